The van der Waals surface area contributed by atoms with E-state index in [-0.39, 0.29) is 5.78 Å². The van der Waals surface area contributed by atoms with E-state index in [4.69, 9.17) is 0 Å². The molecule has 0 aromatic carbocycles. The van der Waals surface area contributed by atoms with Crippen molar-refractivity contribution in [3.8, 4) is 0 Å². The van der Waals surface area contributed by atoms with Gasteiger partial charge in [0.15, 0.2) is 0 Å². The number of rotatable bonds is 6. The van der Waals surface area contributed by atoms with Crippen LogP contribution in [0.25, 0.3) is 0 Å². The lowest BCUT2D eigenvalue weighted by Crippen LogP contribution is -2.12. The monoisotopic (exact) mass is 259 g/mol. The molecule has 0 aliphatic heterocycles. The maximum Gasteiger partial charge on any atom is 0.138 e. The summed E-state index contributed by atoms with van der Waals surface area (Å²) in [5, 5.41) is 3.11. The molecule has 0 amide bonds. The summed E-state index contributed by atoms with van der Waals surface area (Å²) in [4.78, 5) is 24.2. The molecular formula is C13H17N5O. The molecule has 0 fully saturated rings. The highest BCUT2D eigenvalue weighted by Crippen LogP contribution is 2.21. The molecule has 2 rings (SSSR count). The van der Waals surface area contributed by atoms with Gasteiger partial charge in [-0.25, -0.2) is 9.97 Å². The van der Waals surface area contributed by atoms with Gasteiger partial charge >= 0.3 is 0 Å². The number of nitrogens with one attached hydrogen (secondary N) is 2. The van der Waals surface area contributed by atoms with Crippen molar-refractivity contribution in [2.45, 2.75) is 13.3 Å². The quantitative estimate of drug-likeness (QED) is 0.829. The van der Waals surface area contributed by atoms with Crippen molar-refractivity contribution >= 4 is 23.1 Å². The van der Waals surface area contributed by atoms with E-state index in [2.05, 4.69) is 20.3 Å². The molecule has 2 aromatic heterocycles. The topological polar surface area (TPSA) is 73.9 Å². The highest BCUT2D eigenvalue weighted by Gasteiger charge is 2.07. The molecular weight excluding hydrogens is 242 g/mol. The highest BCUT2D eigenvalue weighted by molar-refractivity contribution is 5.76. The van der Waals surface area contributed by atoms with Gasteiger partial charge in [-0.15, -0.1) is 0 Å². The Morgan fingerprint density at radius 3 is 3.00 bits per heavy atom. The van der Waals surface area contributed by atoms with Crippen molar-refractivity contribution in [3.63, 3.8) is 0 Å². The molecule has 0 aliphatic carbocycles. The molecule has 0 bridgehead atoms. The van der Waals surface area contributed by atoms with E-state index < -0.39 is 0 Å². The summed E-state index contributed by atoms with van der Waals surface area (Å²) in [6, 6.07) is 3.82. The number of hydrogen-bond donors (Lipinski definition) is 2. The van der Waals surface area contributed by atoms with Crippen LogP contribution in [0.5, 0.6) is 0 Å². The zero-order valence-electron chi connectivity index (χ0n) is 11.1. The number of ketones is 1. The van der Waals surface area contributed by atoms with E-state index in [1.54, 1.807) is 6.92 Å². The first kappa shape index (κ1) is 13.1. The molecule has 0 spiro atoms. The molecule has 6 nitrogen and oxygen atoms in total. The van der Waals surface area contributed by atoms with Gasteiger partial charge < -0.3 is 15.2 Å². The molecule has 6 heteroatoms. The van der Waals surface area contributed by atoms with Crippen LogP contribution in [0.3, 0.4) is 0 Å². The Bertz CT molecular complexity index is 538. The van der Waals surface area contributed by atoms with Gasteiger partial charge in [0.2, 0.25) is 0 Å². The fourth-order valence-electron chi connectivity index (χ4n) is 1.65. The number of anilines is 3. The second-order valence-corrected chi connectivity index (χ2v) is 4.27. The molecule has 2 heterocycles. The van der Waals surface area contributed by atoms with Crippen LogP contribution < -0.4 is 10.2 Å². The van der Waals surface area contributed by atoms with E-state index in [9.17, 15) is 4.79 Å². The Kier molecular flexibility index (Phi) is 4.12. The van der Waals surface area contributed by atoms with Crippen molar-refractivity contribution in [3.05, 3.63) is 30.9 Å². The third-order valence-electron chi connectivity index (χ3n) is 2.75. The molecule has 100 valence electrons. The first-order chi connectivity index (χ1) is 9.16. The van der Waals surface area contributed by atoms with Crippen LogP contribution in [0, 0.1) is 0 Å². The van der Waals surface area contributed by atoms with Crippen molar-refractivity contribution in [1.29, 1.82) is 0 Å². The Labute approximate surface area is 111 Å². The maximum absolute atomic E-state index is 10.9. The second-order valence-electron chi connectivity index (χ2n) is 4.27. The number of aromatic nitrogens is 3. The summed E-state index contributed by atoms with van der Waals surface area (Å²) in [5.41, 5.74) is 1.02. The number of aromatic amines is 1. The van der Waals surface area contributed by atoms with Crippen LogP contribution in [-0.2, 0) is 4.79 Å². The zero-order chi connectivity index (χ0) is 13.7. The van der Waals surface area contributed by atoms with E-state index in [0.29, 0.717) is 18.8 Å². The molecule has 2 N–H and O–H groups in total. The minimum Gasteiger partial charge on any atom is -0.369 e. The largest absolute Gasteiger partial charge is 0.369 e. The second kappa shape index (κ2) is 5.99. The van der Waals surface area contributed by atoms with Crippen molar-refractivity contribution < 1.29 is 4.79 Å². The van der Waals surface area contributed by atoms with Gasteiger partial charge in [0.05, 0.1) is 5.69 Å². The van der Waals surface area contributed by atoms with Crippen LogP contribution in [0.1, 0.15) is 13.3 Å². The number of Topliss-reactive ketones (excluding diaryl/α,β-unsaturated/α-hetero) is 1. The third kappa shape index (κ3) is 3.54. The number of carbonyl (C=O) groups excluding carboxylic acids is 1. The standard InChI is InChI=1S/C13H17N5O/c1-10(19)3-6-15-12-7-13(17-9-16-12)18(2)11-4-5-14-8-11/h4-5,7-9,14H,3,6H2,1-2H3,(H,15,16,17). The van der Waals surface area contributed by atoms with Gasteiger partial charge in [-0.3, -0.25) is 4.79 Å². The predicted molar refractivity (Wildman–Crippen MR) is 74.7 cm³/mol. The number of H-pyrrole nitrogens is 1. The smallest absolute Gasteiger partial charge is 0.138 e. The van der Waals surface area contributed by atoms with Crippen LogP contribution >= 0.6 is 0 Å². The van der Waals surface area contributed by atoms with Gasteiger partial charge in [-0.2, -0.15) is 0 Å². The number of carbonyl (C=O) groups is 1. The summed E-state index contributed by atoms with van der Waals surface area (Å²) < 4.78 is 0. The average molecular weight is 259 g/mol. The third-order valence-corrected chi connectivity index (χ3v) is 2.75. The summed E-state index contributed by atoms with van der Waals surface area (Å²) in [7, 11) is 1.94. The summed E-state index contributed by atoms with van der Waals surface area (Å²) in [5.74, 6) is 1.67. The Hall–Kier alpha value is -2.37. The molecule has 0 radical (unpaired) electrons. The van der Waals surface area contributed by atoms with Gasteiger partial charge in [-0.1, -0.05) is 0 Å². The first-order valence-corrected chi connectivity index (χ1v) is 6.08. The molecule has 2 aromatic rings. The zero-order valence-corrected chi connectivity index (χ0v) is 11.1. The Morgan fingerprint density at radius 1 is 1.47 bits per heavy atom. The number of hydrogen-bond acceptors (Lipinski definition) is 5. The van der Waals surface area contributed by atoms with Gasteiger partial charge in [0.1, 0.15) is 23.7 Å². The van der Waals surface area contributed by atoms with Crippen molar-refractivity contribution in [1.82, 2.24) is 15.0 Å². The molecule has 0 unspecified atom stereocenters. The normalized spacial score (nSPS) is 10.2. The van der Waals surface area contributed by atoms with Gasteiger partial charge in [0.25, 0.3) is 0 Å². The average Bonchev–Trinajstić information content (AvgIpc) is 2.91. The van der Waals surface area contributed by atoms with Gasteiger partial charge in [-0.05, 0) is 13.0 Å². The first-order valence-electron chi connectivity index (χ1n) is 6.08. The van der Waals surface area contributed by atoms with Crippen LogP contribution in [0.2, 0.25) is 0 Å². The van der Waals surface area contributed by atoms with E-state index in [1.807, 2.05) is 36.5 Å². The van der Waals surface area contributed by atoms with Crippen LogP contribution in [-0.4, -0.2) is 34.3 Å². The number of nitrogens with zero attached hydrogens (tertiary/aromatic N) is 3. The predicted octanol–water partition coefficient (Wildman–Crippen LogP) is 1.96. The SMILES string of the molecule is CC(=O)CCNc1cc(N(C)c2cc[nH]c2)ncn1. The van der Waals surface area contributed by atoms with Crippen LogP contribution in [0.15, 0.2) is 30.9 Å². The maximum atomic E-state index is 10.9. The fraction of sp³-hybridized carbons (Fsp3) is 0.308. The molecule has 19 heavy (non-hydrogen) atoms. The Morgan fingerprint density at radius 2 is 2.32 bits per heavy atom. The lowest BCUT2D eigenvalue weighted by Gasteiger charge is -2.16. The van der Waals surface area contributed by atoms with Gasteiger partial charge in [0, 0.05) is 38.5 Å². The van der Waals surface area contributed by atoms with E-state index >= 15 is 0 Å². The van der Waals surface area contributed by atoms with E-state index in [1.165, 1.54) is 6.33 Å². The summed E-state index contributed by atoms with van der Waals surface area (Å²) >= 11 is 0. The minimum absolute atomic E-state index is 0.159. The van der Waals surface area contributed by atoms with Crippen LogP contribution in [0.4, 0.5) is 17.3 Å². The minimum atomic E-state index is 0.159. The van der Waals surface area contributed by atoms with Crippen molar-refractivity contribution in [2.24, 2.45) is 0 Å². The molecule has 0 saturated heterocycles. The fourth-order valence-corrected chi connectivity index (χ4v) is 1.65. The van der Waals surface area contributed by atoms with Crippen molar-refractivity contribution in [2.75, 3.05) is 23.8 Å². The highest BCUT2D eigenvalue weighted by atomic mass is 16.1. The summed E-state index contributed by atoms with van der Waals surface area (Å²) in [6.07, 6.45) is 5.76. The molecule has 0 saturated carbocycles. The lowest BCUT2D eigenvalue weighted by molar-refractivity contribution is -0.116. The summed E-state index contributed by atoms with van der Waals surface area (Å²) in [6.45, 7) is 2.16. The molecule has 0 atom stereocenters. The molecule has 0 aliphatic rings. The lowest BCUT2D eigenvalue weighted by atomic mass is 10.3. The van der Waals surface area contributed by atoms with E-state index in [0.717, 1.165) is 11.5 Å². The Balaban J connectivity index is 2.04.